The molecular formula is C16H19N5O2. The fraction of sp³-hybridized carbons (Fsp3) is 0.312. The fourth-order valence-corrected chi connectivity index (χ4v) is 2.38. The summed E-state index contributed by atoms with van der Waals surface area (Å²) in [6, 6.07) is 5.66. The van der Waals surface area contributed by atoms with Crippen molar-refractivity contribution in [2.75, 3.05) is 24.7 Å². The first-order chi connectivity index (χ1) is 11.2. The van der Waals surface area contributed by atoms with Crippen molar-refractivity contribution in [3.05, 3.63) is 47.3 Å². The maximum atomic E-state index is 12.3. The molecule has 0 aliphatic carbocycles. The van der Waals surface area contributed by atoms with Crippen molar-refractivity contribution in [2.45, 2.75) is 19.8 Å². The van der Waals surface area contributed by atoms with Gasteiger partial charge in [0.25, 0.3) is 0 Å². The third-order valence-electron chi connectivity index (χ3n) is 3.67. The molecule has 0 unspecified atom stereocenters. The van der Waals surface area contributed by atoms with E-state index in [1.54, 1.807) is 31.4 Å². The van der Waals surface area contributed by atoms with Gasteiger partial charge in [0, 0.05) is 37.7 Å². The Balaban J connectivity index is 1.60. The summed E-state index contributed by atoms with van der Waals surface area (Å²) in [5.41, 5.74) is 3.94. The van der Waals surface area contributed by atoms with Crippen LogP contribution in [-0.4, -0.2) is 35.0 Å². The lowest BCUT2D eigenvalue weighted by Crippen LogP contribution is -2.31. The zero-order valence-electron chi connectivity index (χ0n) is 13.2. The lowest BCUT2D eigenvalue weighted by Gasteiger charge is -2.18. The second-order valence-electron chi connectivity index (χ2n) is 5.43. The van der Waals surface area contributed by atoms with Crippen molar-refractivity contribution in [1.82, 2.24) is 14.9 Å². The van der Waals surface area contributed by atoms with Gasteiger partial charge in [0.15, 0.2) is 0 Å². The summed E-state index contributed by atoms with van der Waals surface area (Å²) in [6.07, 6.45) is 3.41. The van der Waals surface area contributed by atoms with Crippen molar-refractivity contribution < 1.29 is 9.53 Å². The van der Waals surface area contributed by atoms with Gasteiger partial charge in [-0.3, -0.25) is 0 Å². The quantitative estimate of drug-likeness (QED) is 0.904. The van der Waals surface area contributed by atoms with E-state index in [-0.39, 0.29) is 6.03 Å². The van der Waals surface area contributed by atoms with E-state index in [2.05, 4.69) is 20.6 Å². The van der Waals surface area contributed by atoms with E-state index in [0.717, 1.165) is 16.8 Å². The van der Waals surface area contributed by atoms with Gasteiger partial charge in [0.2, 0.25) is 5.95 Å². The molecule has 2 amide bonds. The Bertz CT molecular complexity index is 702. The minimum atomic E-state index is -0.179. The molecule has 1 aliphatic rings. The van der Waals surface area contributed by atoms with E-state index in [4.69, 9.17) is 4.74 Å². The molecule has 1 aromatic heterocycles. The molecule has 1 aromatic carbocycles. The third kappa shape index (κ3) is 3.57. The molecule has 0 fully saturated rings. The summed E-state index contributed by atoms with van der Waals surface area (Å²) in [5, 5.41) is 5.75. The second kappa shape index (κ2) is 6.62. The van der Waals surface area contributed by atoms with Gasteiger partial charge in [0.05, 0.1) is 19.8 Å². The molecular weight excluding hydrogens is 294 g/mol. The number of urea groups is 1. The number of anilines is 2. The summed E-state index contributed by atoms with van der Waals surface area (Å²) < 4.78 is 5.38. The maximum absolute atomic E-state index is 12.3. The molecule has 0 spiro atoms. The van der Waals surface area contributed by atoms with Gasteiger partial charge in [-0.05, 0) is 23.3 Å². The van der Waals surface area contributed by atoms with Crippen LogP contribution in [0.5, 0.6) is 0 Å². The first-order valence-corrected chi connectivity index (χ1v) is 7.36. The number of nitrogens with one attached hydrogen (secondary N) is 2. The molecule has 0 atom stereocenters. The van der Waals surface area contributed by atoms with Crippen LogP contribution in [-0.2, 0) is 24.5 Å². The standard InChI is InChI=1S/C16H19N5O2/c1-17-15-18-6-11(7-19-15)8-21(2)16(22)20-14-4-3-12-9-23-10-13(12)5-14/h3-7H,8-10H2,1-2H3,(H,20,22)(H,17,18,19). The van der Waals surface area contributed by atoms with E-state index in [1.165, 1.54) is 5.56 Å². The summed E-state index contributed by atoms with van der Waals surface area (Å²) >= 11 is 0. The molecule has 0 saturated heterocycles. The number of nitrogens with zero attached hydrogens (tertiary/aromatic N) is 3. The number of amides is 2. The number of carbonyl (C=O) groups is 1. The Morgan fingerprint density at radius 2 is 2.00 bits per heavy atom. The minimum absolute atomic E-state index is 0.179. The van der Waals surface area contributed by atoms with Gasteiger partial charge in [-0.2, -0.15) is 0 Å². The molecule has 2 aromatic rings. The molecule has 2 N–H and O–H groups in total. The molecule has 0 radical (unpaired) electrons. The van der Waals surface area contributed by atoms with Gasteiger partial charge in [-0.25, -0.2) is 14.8 Å². The van der Waals surface area contributed by atoms with Crippen LogP contribution in [0.3, 0.4) is 0 Å². The van der Waals surface area contributed by atoms with E-state index in [9.17, 15) is 4.79 Å². The lowest BCUT2D eigenvalue weighted by molar-refractivity contribution is 0.134. The van der Waals surface area contributed by atoms with Gasteiger partial charge >= 0.3 is 6.03 Å². The van der Waals surface area contributed by atoms with Crippen LogP contribution in [0.25, 0.3) is 0 Å². The number of ether oxygens (including phenoxy) is 1. The van der Waals surface area contributed by atoms with E-state index >= 15 is 0 Å². The van der Waals surface area contributed by atoms with Crippen LogP contribution in [0.15, 0.2) is 30.6 Å². The summed E-state index contributed by atoms with van der Waals surface area (Å²) in [6.45, 7) is 1.68. The smallest absolute Gasteiger partial charge is 0.321 e. The van der Waals surface area contributed by atoms with Gasteiger partial charge in [-0.1, -0.05) is 6.07 Å². The summed E-state index contributed by atoms with van der Waals surface area (Å²) in [5.74, 6) is 0.557. The lowest BCUT2D eigenvalue weighted by atomic mass is 10.1. The highest BCUT2D eigenvalue weighted by Crippen LogP contribution is 2.23. The number of benzene rings is 1. The number of fused-ring (bicyclic) bond motifs is 1. The molecule has 0 saturated carbocycles. The highest BCUT2D eigenvalue weighted by molar-refractivity contribution is 5.89. The molecule has 0 bridgehead atoms. The van der Waals surface area contributed by atoms with Crippen LogP contribution in [0.2, 0.25) is 0 Å². The Morgan fingerprint density at radius 1 is 1.26 bits per heavy atom. The number of aromatic nitrogens is 2. The number of hydrogen-bond donors (Lipinski definition) is 2. The molecule has 3 rings (SSSR count). The summed E-state index contributed by atoms with van der Waals surface area (Å²) in [7, 11) is 3.49. The van der Waals surface area contributed by atoms with Gasteiger partial charge < -0.3 is 20.3 Å². The topological polar surface area (TPSA) is 79.4 Å². The first-order valence-electron chi connectivity index (χ1n) is 7.36. The van der Waals surface area contributed by atoms with E-state index in [0.29, 0.717) is 25.7 Å². The van der Waals surface area contributed by atoms with Crippen LogP contribution in [0, 0.1) is 0 Å². The van der Waals surface area contributed by atoms with Gasteiger partial charge in [-0.15, -0.1) is 0 Å². The van der Waals surface area contributed by atoms with Crippen molar-refractivity contribution in [3.63, 3.8) is 0 Å². The van der Waals surface area contributed by atoms with Crippen LogP contribution >= 0.6 is 0 Å². The maximum Gasteiger partial charge on any atom is 0.321 e. The fourth-order valence-electron chi connectivity index (χ4n) is 2.38. The van der Waals surface area contributed by atoms with Crippen molar-refractivity contribution in [3.8, 4) is 0 Å². The highest BCUT2D eigenvalue weighted by Gasteiger charge is 2.14. The Kier molecular flexibility index (Phi) is 4.38. The largest absolute Gasteiger partial charge is 0.372 e. The average molecular weight is 313 g/mol. The Labute approximate surface area is 134 Å². The van der Waals surface area contributed by atoms with E-state index < -0.39 is 0 Å². The average Bonchev–Trinajstić information content (AvgIpc) is 3.03. The molecule has 120 valence electrons. The highest BCUT2D eigenvalue weighted by atomic mass is 16.5. The molecule has 7 nitrogen and oxygen atoms in total. The Hall–Kier alpha value is -2.67. The molecule has 23 heavy (non-hydrogen) atoms. The van der Waals surface area contributed by atoms with Crippen molar-refractivity contribution in [1.29, 1.82) is 0 Å². The monoisotopic (exact) mass is 313 g/mol. The first kappa shape index (κ1) is 15.2. The van der Waals surface area contributed by atoms with Crippen LogP contribution < -0.4 is 10.6 Å². The molecule has 7 heteroatoms. The normalized spacial score (nSPS) is 12.6. The predicted molar refractivity (Wildman–Crippen MR) is 87.0 cm³/mol. The number of carbonyl (C=O) groups excluding carboxylic acids is 1. The Morgan fingerprint density at radius 3 is 2.74 bits per heavy atom. The summed E-state index contributed by atoms with van der Waals surface area (Å²) in [4.78, 5) is 22.1. The zero-order valence-corrected chi connectivity index (χ0v) is 13.2. The third-order valence-corrected chi connectivity index (χ3v) is 3.67. The minimum Gasteiger partial charge on any atom is -0.372 e. The SMILES string of the molecule is CNc1ncc(CN(C)C(=O)Nc2ccc3c(c2)COC3)cn1. The molecule has 2 heterocycles. The van der Waals surface area contributed by atoms with Crippen molar-refractivity contribution in [2.24, 2.45) is 0 Å². The number of rotatable bonds is 4. The van der Waals surface area contributed by atoms with Crippen LogP contribution in [0.1, 0.15) is 16.7 Å². The second-order valence-corrected chi connectivity index (χ2v) is 5.43. The van der Waals surface area contributed by atoms with Crippen LogP contribution in [0.4, 0.5) is 16.4 Å². The van der Waals surface area contributed by atoms with Crippen molar-refractivity contribution >= 4 is 17.7 Å². The zero-order chi connectivity index (χ0) is 16.2. The van der Waals surface area contributed by atoms with E-state index in [1.807, 2.05) is 18.2 Å². The van der Waals surface area contributed by atoms with Gasteiger partial charge in [0.1, 0.15) is 0 Å². The predicted octanol–water partition coefficient (Wildman–Crippen LogP) is 2.21. The molecule has 1 aliphatic heterocycles. The number of hydrogen-bond acceptors (Lipinski definition) is 5.